The molecule has 1 saturated heterocycles. The molecule has 2 rings (SSSR count). The van der Waals surface area contributed by atoms with Crippen LogP contribution in [0.1, 0.15) is 37.4 Å². The third-order valence-corrected chi connectivity index (χ3v) is 3.22. The number of pyridine rings is 1. The van der Waals surface area contributed by atoms with Crippen LogP contribution in [0.3, 0.4) is 0 Å². The Kier molecular flexibility index (Phi) is 4.31. The Balaban J connectivity index is 1.88. The zero-order chi connectivity index (χ0) is 11.2. The minimum Gasteiger partial charge on any atom is -0.387 e. The monoisotopic (exact) mass is 220 g/mol. The van der Waals surface area contributed by atoms with Gasteiger partial charge in [0.25, 0.3) is 0 Å². The van der Waals surface area contributed by atoms with Gasteiger partial charge in [0.15, 0.2) is 0 Å². The normalized spacial score (nSPS) is 20.3. The predicted octanol–water partition coefficient (Wildman–Crippen LogP) is 1.99. The highest BCUT2D eigenvalue weighted by atomic mass is 16.3. The van der Waals surface area contributed by atoms with E-state index in [9.17, 15) is 5.11 Å². The average molecular weight is 220 g/mol. The molecule has 1 aromatic rings. The smallest absolute Gasteiger partial charge is 0.0918 e. The van der Waals surface area contributed by atoms with Gasteiger partial charge in [0, 0.05) is 18.9 Å². The Morgan fingerprint density at radius 3 is 2.38 bits per heavy atom. The lowest BCUT2D eigenvalue weighted by atomic mass is 10.1. The summed E-state index contributed by atoms with van der Waals surface area (Å²) in [5.41, 5.74) is 0.972. The number of aliphatic hydroxyl groups excluding tert-OH is 1. The first-order valence-electron chi connectivity index (χ1n) is 6.16. The highest BCUT2D eigenvalue weighted by Crippen LogP contribution is 2.16. The van der Waals surface area contributed by atoms with Gasteiger partial charge in [-0.2, -0.15) is 0 Å². The molecule has 0 amide bonds. The maximum Gasteiger partial charge on any atom is 0.0918 e. The van der Waals surface area contributed by atoms with Gasteiger partial charge in [-0.1, -0.05) is 12.8 Å². The van der Waals surface area contributed by atoms with Gasteiger partial charge < -0.3 is 10.0 Å². The predicted molar refractivity (Wildman–Crippen MR) is 64.1 cm³/mol. The maximum atomic E-state index is 10.1. The molecule has 1 aliphatic rings. The molecule has 1 atom stereocenters. The summed E-state index contributed by atoms with van der Waals surface area (Å²) in [6.45, 7) is 3.01. The number of hydrogen-bond donors (Lipinski definition) is 1. The Morgan fingerprint density at radius 1 is 1.12 bits per heavy atom. The van der Waals surface area contributed by atoms with E-state index in [-0.39, 0.29) is 6.10 Å². The van der Waals surface area contributed by atoms with E-state index in [0.717, 1.165) is 25.2 Å². The van der Waals surface area contributed by atoms with Gasteiger partial charge >= 0.3 is 0 Å². The Morgan fingerprint density at radius 2 is 1.75 bits per heavy atom. The van der Waals surface area contributed by atoms with Crippen LogP contribution >= 0.6 is 0 Å². The Hall–Kier alpha value is -0.930. The number of likely N-dealkylation sites (tertiary alicyclic amines) is 1. The van der Waals surface area contributed by atoms with E-state index in [0.29, 0.717) is 0 Å². The lowest BCUT2D eigenvalue weighted by Gasteiger charge is -2.23. The molecule has 0 radical (unpaired) electrons. The van der Waals surface area contributed by atoms with Gasteiger partial charge in [0.2, 0.25) is 0 Å². The van der Waals surface area contributed by atoms with Gasteiger partial charge in [0.05, 0.1) is 6.10 Å². The molecule has 88 valence electrons. The molecule has 0 aliphatic carbocycles. The Labute approximate surface area is 97.1 Å². The lowest BCUT2D eigenvalue weighted by Crippen LogP contribution is -2.29. The first kappa shape index (κ1) is 11.6. The second kappa shape index (κ2) is 5.97. The molecule has 1 aromatic heterocycles. The van der Waals surface area contributed by atoms with Crippen molar-refractivity contribution in [2.24, 2.45) is 0 Å². The molecule has 2 heterocycles. The summed E-state index contributed by atoms with van der Waals surface area (Å²) in [6.07, 6.45) is 8.30. The largest absolute Gasteiger partial charge is 0.387 e. The first-order valence-corrected chi connectivity index (χ1v) is 6.16. The minimum atomic E-state index is -0.374. The van der Waals surface area contributed by atoms with Crippen LogP contribution in [0.25, 0.3) is 0 Å². The van der Waals surface area contributed by atoms with Crippen LogP contribution in [0.2, 0.25) is 0 Å². The second-order valence-electron chi connectivity index (χ2n) is 4.51. The molecule has 16 heavy (non-hydrogen) atoms. The van der Waals surface area contributed by atoms with Crippen LogP contribution in [0.4, 0.5) is 0 Å². The number of rotatable bonds is 3. The minimum absolute atomic E-state index is 0.374. The molecule has 1 fully saturated rings. The third-order valence-electron chi connectivity index (χ3n) is 3.22. The molecular weight excluding hydrogens is 200 g/mol. The van der Waals surface area contributed by atoms with Crippen molar-refractivity contribution in [1.29, 1.82) is 0 Å². The van der Waals surface area contributed by atoms with Gasteiger partial charge in [-0.25, -0.2) is 0 Å². The van der Waals surface area contributed by atoms with Crippen LogP contribution in [-0.2, 0) is 0 Å². The van der Waals surface area contributed by atoms with Crippen LogP contribution in [0.5, 0.6) is 0 Å². The standard InChI is InChI=1S/C13H20N2O/c16-13(12-5-7-14-8-6-12)11-15-9-3-1-2-4-10-15/h5-8,13,16H,1-4,9-11H2. The zero-order valence-corrected chi connectivity index (χ0v) is 9.68. The summed E-state index contributed by atoms with van der Waals surface area (Å²) < 4.78 is 0. The molecule has 0 bridgehead atoms. The van der Waals surface area contributed by atoms with Gasteiger partial charge in [0.1, 0.15) is 0 Å². The summed E-state index contributed by atoms with van der Waals surface area (Å²) in [5.74, 6) is 0. The molecule has 1 aliphatic heterocycles. The number of nitrogens with zero attached hydrogens (tertiary/aromatic N) is 2. The zero-order valence-electron chi connectivity index (χ0n) is 9.68. The topological polar surface area (TPSA) is 36.4 Å². The van der Waals surface area contributed by atoms with Crippen LogP contribution < -0.4 is 0 Å². The molecular formula is C13H20N2O. The Bertz CT molecular complexity index is 294. The molecule has 0 aromatic carbocycles. The van der Waals surface area contributed by atoms with E-state index in [1.54, 1.807) is 12.4 Å². The van der Waals surface area contributed by atoms with Crippen molar-refractivity contribution < 1.29 is 5.11 Å². The van der Waals surface area contributed by atoms with Crippen molar-refractivity contribution in [1.82, 2.24) is 9.88 Å². The fraction of sp³-hybridized carbons (Fsp3) is 0.615. The summed E-state index contributed by atoms with van der Waals surface area (Å²) in [7, 11) is 0. The van der Waals surface area contributed by atoms with E-state index in [1.165, 1.54) is 25.7 Å². The maximum absolute atomic E-state index is 10.1. The third kappa shape index (κ3) is 3.29. The molecule has 3 nitrogen and oxygen atoms in total. The van der Waals surface area contributed by atoms with Crippen molar-refractivity contribution in [3.05, 3.63) is 30.1 Å². The van der Waals surface area contributed by atoms with Gasteiger partial charge in [-0.3, -0.25) is 4.98 Å². The summed E-state index contributed by atoms with van der Waals surface area (Å²) >= 11 is 0. The first-order chi connectivity index (χ1) is 7.86. The van der Waals surface area contributed by atoms with Crippen molar-refractivity contribution in [3.8, 4) is 0 Å². The highest BCUT2D eigenvalue weighted by molar-refractivity contribution is 5.13. The number of β-amino-alcohol motifs (C(OH)–C–C–N with tert-alkyl or cyclic N) is 1. The highest BCUT2D eigenvalue weighted by Gasteiger charge is 2.14. The summed E-state index contributed by atoms with van der Waals surface area (Å²) in [6, 6.07) is 3.78. The van der Waals surface area contributed by atoms with E-state index in [4.69, 9.17) is 0 Å². The van der Waals surface area contributed by atoms with Crippen LogP contribution in [0, 0.1) is 0 Å². The molecule has 3 heteroatoms. The van der Waals surface area contributed by atoms with Crippen molar-refractivity contribution >= 4 is 0 Å². The van der Waals surface area contributed by atoms with Crippen LogP contribution in [-0.4, -0.2) is 34.6 Å². The van der Waals surface area contributed by atoms with Crippen molar-refractivity contribution in [2.45, 2.75) is 31.8 Å². The fourth-order valence-electron chi connectivity index (χ4n) is 2.25. The molecule has 1 unspecified atom stereocenters. The number of aromatic nitrogens is 1. The fourth-order valence-corrected chi connectivity index (χ4v) is 2.25. The van der Waals surface area contributed by atoms with Gasteiger partial charge in [-0.15, -0.1) is 0 Å². The molecule has 0 spiro atoms. The SMILES string of the molecule is OC(CN1CCCCCC1)c1ccncc1. The lowest BCUT2D eigenvalue weighted by molar-refractivity contribution is 0.115. The van der Waals surface area contributed by atoms with E-state index < -0.39 is 0 Å². The number of hydrogen-bond acceptors (Lipinski definition) is 3. The quantitative estimate of drug-likeness (QED) is 0.846. The van der Waals surface area contributed by atoms with Gasteiger partial charge in [-0.05, 0) is 43.6 Å². The summed E-state index contributed by atoms with van der Waals surface area (Å²) in [5, 5.41) is 10.1. The molecule has 1 N–H and O–H groups in total. The number of aliphatic hydroxyl groups is 1. The van der Waals surface area contributed by atoms with Crippen molar-refractivity contribution in [2.75, 3.05) is 19.6 Å². The van der Waals surface area contributed by atoms with E-state index in [1.807, 2.05) is 12.1 Å². The summed E-state index contributed by atoms with van der Waals surface area (Å²) in [4.78, 5) is 6.34. The molecule has 0 saturated carbocycles. The van der Waals surface area contributed by atoms with Crippen LogP contribution in [0.15, 0.2) is 24.5 Å². The average Bonchev–Trinajstić information content (AvgIpc) is 2.59. The van der Waals surface area contributed by atoms with E-state index in [2.05, 4.69) is 9.88 Å². The van der Waals surface area contributed by atoms with Crippen molar-refractivity contribution in [3.63, 3.8) is 0 Å². The van der Waals surface area contributed by atoms with E-state index >= 15 is 0 Å². The second-order valence-corrected chi connectivity index (χ2v) is 4.51.